The first-order valence-electron chi connectivity index (χ1n) is 5.34. The molecule has 0 saturated heterocycles. The van der Waals surface area contributed by atoms with Crippen LogP contribution in [0.15, 0.2) is 53.4 Å². The molecule has 6 heteroatoms. The smallest absolute Gasteiger partial charge is 0.263 e. The lowest BCUT2D eigenvalue weighted by molar-refractivity contribution is 0.475. The topological polar surface area (TPSA) is 90.2 Å². The molecule has 0 atom stereocenters. The number of aromatic hydroxyl groups is 1. The Hall–Kier alpha value is -2.52. The molecule has 0 aliphatic carbocycles. The highest BCUT2D eigenvalue weighted by Crippen LogP contribution is 2.20. The van der Waals surface area contributed by atoms with E-state index in [4.69, 9.17) is 10.4 Å². The number of benzene rings is 2. The van der Waals surface area contributed by atoms with E-state index in [2.05, 4.69) is 4.72 Å². The highest BCUT2D eigenvalue weighted by molar-refractivity contribution is 7.92. The van der Waals surface area contributed by atoms with Crippen molar-refractivity contribution in [2.45, 2.75) is 4.90 Å². The number of hydrogen-bond acceptors (Lipinski definition) is 4. The zero-order valence-corrected chi connectivity index (χ0v) is 10.6. The van der Waals surface area contributed by atoms with Crippen LogP contribution in [0, 0.1) is 11.3 Å². The molecule has 19 heavy (non-hydrogen) atoms. The van der Waals surface area contributed by atoms with Crippen LogP contribution < -0.4 is 4.72 Å². The van der Waals surface area contributed by atoms with Crippen LogP contribution in [0.2, 0.25) is 0 Å². The summed E-state index contributed by atoms with van der Waals surface area (Å²) in [7, 11) is -3.82. The Kier molecular flexibility index (Phi) is 3.40. The Balaban J connectivity index is 2.38. The zero-order chi connectivity index (χ0) is 13.9. The molecule has 5 nitrogen and oxygen atoms in total. The Labute approximate surface area is 110 Å². The number of phenols is 1. The number of nitrogens with zero attached hydrogens (tertiary/aromatic N) is 1. The third-order valence-electron chi connectivity index (χ3n) is 2.42. The summed E-state index contributed by atoms with van der Waals surface area (Å²) in [4.78, 5) is -0.0782. The minimum Gasteiger partial charge on any atom is -0.508 e. The molecule has 0 heterocycles. The van der Waals surface area contributed by atoms with Gasteiger partial charge >= 0.3 is 0 Å². The van der Waals surface area contributed by atoms with Crippen LogP contribution in [0.3, 0.4) is 0 Å². The number of rotatable bonds is 3. The molecule has 0 fully saturated rings. The number of nitrogens with one attached hydrogen (secondary N) is 1. The summed E-state index contributed by atoms with van der Waals surface area (Å²) < 4.78 is 26.6. The van der Waals surface area contributed by atoms with Crippen LogP contribution in [-0.2, 0) is 10.0 Å². The minimum absolute atomic E-state index is 0.0420. The van der Waals surface area contributed by atoms with E-state index < -0.39 is 10.0 Å². The van der Waals surface area contributed by atoms with Crippen molar-refractivity contribution in [1.82, 2.24) is 0 Å². The molecular weight excluding hydrogens is 264 g/mol. The van der Waals surface area contributed by atoms with E-state index in [-0.39, 0.29) is 16.2 Å². The van der Waals surface area contributed by atoms with E-state index in [1.165, 1.54) is 36.4 Å². The highest BCUT2D eigenvalue weighted by atomic mass is 32.2. The Bertz CT molecular complexity index is 731. The summed E-state index contributed by atoms with van der Waals surface area (Å²) in [5, 5.41) is 18.0. The van der Waals surface area contributed by atoms with Crippen molar-refractivity contribution in [2.24, 2.45) is 0 Å². The molecule has 0 bridgehead atoms. The van der Waals surface area contributed by atoms with Gasteiger partial charge in [0.05, 0.1) is 5.56 Å². The van der Waals surface area contributed by atoms with Gasteiger partial charge in [-0.3, -0.25) is 4.72 Å². The zero-order valence-electron chi connectivity index (χ0n) is 9.74. The summed E-state index contributed by atoms with van der Waals surface area (Å²) in [6.45, 7) is 0. The molecule has 0 unspecified atom stereocenters. The van der Waals surface area contributed by atoms with Gasteiger partial charge in [-0.15, -0.1) is 0 Å². The van der Waals surface area contributed by atoms with Gasteiger partial charge in [-0.25, -0.2) is 8.42 Å². The molecule has 0 aliphatic heterocycles. The van der Waals surface area contributed by atoms with Crippen molar-refractivity contribution >= 4 is 15.7 Å². The van der Waals surface area contributed by atoms with Crippen molar-refractivity contribution in [3.05, 3.63) is 54.1 Å². The summed E-state index contributed by atoms with van der Waals surface area (Å²) >= 11 is 0. The van der Waals surface area contributed by atoms with Gasteiger partial charge in [0, 0.05) is 5.69 Å². The molecule has 2 rings (SSSR count). The van der Waals surface area contributed by atoms with Crippen LogP contribution in [0.4, 0.5) is 5.69 Å². The lowest BCUT2D eigenvalue weighted by Gasteiger charge is -2.09. The van der Waals surface area contributed by atoms with E-state index >= 15 is 0 Å². The van der Waals surface area contributed by atoms with Crippen LogP contribution in [-0.4, -0.2) is 13.5 Å². The summed E-state index contributed by atoms with van der Waals surface area (Å²) in [6, 6.07) is 13.4. The highest BCUT2D eigenvalue weighted by Gasteiger charge is 2.18. The average molecular weight is 274 g/mol. The SMILES string of the molecule is N#Cc1ccccc1S(=O)(=O)Nc1ccc(O)cc1. The van der Waals surface area contributed by atoms with E-state index in [0.29, 0.717) is 5.69 Å². The van der Waals surface area contributed by atoms with Gasteiger partial charge in [-0.2, -0.15) is 5.26 Å². The molecule has 0 amide bonds. The van der Waals surface area contributed by atoms with Crippen molar-refractivity contribution < 1.29 is 13.5 Å². The fraction of sp³-hybridized carbons (Fsp3) is 0. The summed E-state index contributed by atoms with van der Waals surface area (Å²) in [6.07, 6.45) is 0. The first kappa shape index (κ1) is 12.9. The van der Waals surface area contributed by atoms with E-state index in [1.54, 1.807) is 12.1 Å². The van der Waals surface area contributed by atoms with Gasteiger partial charge in [0.1, 0.15) is 16.7 Å². The predicted octanol–water partition coefficient (Wildman–Crippen LogP) is 2.06. The maximum Gasteiger partial charge on any atom is 0.263 e. The lowest BCUT2D eigenvalue weighted by Crippen LogP contribution is -2.14. The second-order valence-corrected chi connectivity index (χ2v) is 5.41. The fourth-order valence-electron chi connectivity index (χ4n) is 1.53. The van der Waals surface area contributed by atoms with Crippen molar-refractivity contribution in [1.29, 1.82) is 5.26 Å². The Morgan fingerprint density at radius 3 is 2.32 bits per heavy atom. The van der Waals surface area contributed by atoms with Crippen LogP contribution in [0.5, 0.6) is 5.75 Å². The molecule has 96 valence electrons. The maximum absolute atomic E-state index is 12.1. The first-order chi connectivity index (χ1) is 9.03. The Morgan fingerprint density at radius 2 is 1.68 bits per heavy atom. The number of phenolic OH excluding ortho intramolecular Hbond substituents is 1. The normalized spacial score (nSPS) is 10.7. The molecule has 0 aromatic heterocycles. The third-order valence-corrected chi connectivity index (χ3v) is 3.86. The standard InChI is InChI=1S/C13H10N2O3S/c14-9-10-3-1-2-4-13(10)19(17,18)15-11-5-7-12(16)8-6-11/h1-8,15-16H. The quantitative estimate of drug-likeness (QED) is 0.838. The molecule has 0 spiro atoms. The molecular formula is C13H10N2O3S. The van der Waals surface area contributed by atoms with Gasteiger partial charge in [-0.05, 0) is 36.4 Å². The van der Waals surface area contributed by atoms with Crippen molar-refractivity contribution in [3.8, 4) is 11.8 Å². The molecule has 2 aromatic carbocycles. The van der Waals surface area contributed by atoms with Gasteiger partial charge in [0.15, 0.2) is 0 Å². The van der Waals surface area contributed by atoms with Gasteiger partial charge < -0.3 is 5.11 Å². The van der Waals surface area contributed by atoms with Crippen molar-refractivity contribution in [3.63, 3.8) is 0 Å². The Morgan fingerprint density at radius 1 is 1.05 bits per heavy atom. The monoisotopic (exact) mass is 274 g/mol. The van der Waals surface area contributed by atoms with Gasteiger partial charge in [0.25, 0.3) is 10.0 Å². The summed E-state index contributed by atoms with van der Waals surface area (Å²) in [5.74, 6) is 0.0420. The van der Waals surface area contributed by atoms with E-state index in [9.17, 15) is 8.42 Å². The largest absolute Gasteiger partial charge is 0.508 e. The van der Waals surface area contributed by atoms with Crippen LogP contribution in [0.25, 0.3) is 0 Å². The van der Waals surface area contributed by atoms with Gasteiger partial charge in [-0.1, -0.05) is 12.1 Å². The predicted molar refractivity (Wildman–Crippen MR) is 70.1 cm³/mol. The molecule has 2 N–H and O–H groups in total. The minimum atomic E-state index is -3.82. The molecule has 0 radical (unpaired) electrons. The molecule has 0 saturated carbocycles. The first-order valence-corrected chi connectivity index (χ1v) is 6.82. The van der Waals surface area contributed by atoms with Crippen LogP contribution >= 0.6 is 0 Å². The number of nitriles is 1. The third kappa shape index (κ3) is 2.84. The second kappa shape index (κ2) is 5.00. The summed E-state index contributed by atoms with van der Waals surface area (Å²) in [5.41, 5.74) is 0.388. The number of anilines is 1. The average Bonchev–Trinajstić information content (AvgIpc) is 2.41. The van der Waals surface area contributed by atoms with Gasteiger partial charge in [0.2, 0.25) is 0 Å². The molecule has 2 aromatic rings. The number of sulfonamides is 1. The van der Waals surface area contributed by atoms with Crippen molar-refractivity contribution in [2.75, 3.05) is 4.72 Å². The van der Waals surface area contributed by atoms with E-state index in [1.807, 2.05) is 6.07 Å². The fourth-order valence-corrected chi connectivity index (χ4v) is 2.75. The number of hydrogen-bond donors (Lipinski definition) is 2. The lowest BCUT2D eigenvalue weighted by atomic mass is 10.2. The molecule has 0 aliphatic rings. The maximum atomic E-state index is 12.1. The van der Waals surface area contributed by atoms with E-state index in [0.717, 1.165) is 0 Å². The second-order valence-electron chi connectivity index (χ2n) is 3.76. The van der Waals surface area contributed by atoms with Crippen LogP contribution in [0.1, 0.15) is 5.56 Å².